The number of thiophene rings is 1. The van der Waals surface area contributed by atoms with Crippen LogP contribution >= 0.6 is 11.3 Å². The van der Waals surface area contributed by atoms with E-state index in [1.54, 1.807) is 0 Å². The molecule has 0 amide bonds. The van der Waals surface area contributed by atoms with Gasteiger partial charge in [-0.25, -0.2) is 4.99 Å². The molecule has 1 aliphatic heterocycles. The lowest BCUT2D eigenvalue weighted by molar-refractivity contribution is 0.0998. The van der Waals surface area contributed by atoms with Crippen LogP contribution in [0.15, 0.2) is 22.5 Å². The molecule has 1 aromatic heterocycles. The van der Waals surface area contributed by atoms with Crippen molar-refractivity contribution in [2.45, 2.75) is 25.8 Å². The van der Waals surface area contributed by atoms with Crippen LogP contribution in [0.5, 0.6) is 0 Å². The number of rotatable bonds is 3. The summed E-state index contributed by atoms with van der Waals surface area (Å²) in [7, 11) is 0. The summed E-state index contributed by atoms with van der Waals surface area (Å²) in [6.45, 7) is 4.56. The van der Waals surface area contributed by atoms with Crippen molar-refractivity contribution in [2.75, 3.05) is 6.61 Å². The van der Waals surface area contributed by atoms with Crippen LogP contribution < -0.4 is 0 Å². The molecule has 1 aliphatic rings. The number of nitrogens with zero attached hydrogens (tertiary/aromatic N) is 1. The van der Waals surface area contributed by atoms with E-state index in [9.17, 15) is 4.79 Å². The van der Waals surface area contributed by atoms with E-state index in [0.29, 0.717) is 12.5 Å². The second kappa shape index (κ2) is 3.77. The fourth-order valence-corrected chi connectivity index (χ4v) is 2.08. The quantitative estimate of drug-likeness (QED) is 0.738. The molecule has 0 saturated heterocycles. The molecule has 0 bridgehead atoms. The molecule has 2 heterocycles. The van der Waals surface area contributed by atoms with Crippen LogP contribution in [0.25, 0.3) is 0 Å². The summed E-state index contributed by atoms with van der Waals surface area (Å²) >= 11 is 1.45. The highest BCUT2D eigenvalue weighted by Crippen LogP contribution is 2.20. The third kappa shape index (κ3) is 2.45. The number of hydrogen-bond acceptors (Lipinski definition) is 4. The summed E-state index contributed by atoms with van der Waals surface area (Å²) in [6, 6.07) is 3.70. The fraction of sp³-hybridized carbons (Fsp3) is 0.455. The number of ketones is 1. The minimum Gasteiger partial charge on any atom is -0.478 e. The molecule has 4 heteroatoms. The zero-order valence-electron chi connectivity index (χ0n) is 8.82. The maximum atomic E-state index is 11.7. The second-order valence-electron chi connectivity index (χ2n) is 4.18. The van der Waals surface area contributed by atoms with Crippen LogP contribution in [-0.2, 0) is 4.74 Å². The van der Waals surface area contributed by atoms with Gasteiger partial charge >= 0.3 is 0 Å². The molecule has 0 unspecified atom stereocenters. The van der Waals surface area contributed by atoms with Gasteiger partial charge in [-0.05, 0) is 25.3 Å². The summed E-state index contributed by atoms with van der Waals surface area (Å²) in [5.74, 6) is 0.653. The van der Waals surface area contributed by atoms with Crippen LogP contribution in [0.1, 0.15) is 29.9 Å². The zero-order valence-corrected chi connectivity index (χ0v) is 9.63. The largest absolute Gasteiger partial charge is 0.478 e. The minimum absolute atomic E-state index is 0.0847. The molecule has 0 spiro atoms. The van der Waals surface area contributed by atoms with Gasteiger partial charge in [0.2, 0.25) is 0 Å². The first-order valence-corrected chi connectivity index (χ1v) is 5.73. The Labute approximate surface area is 92.8 Å². The van der Waals surface area contributed by atoms with E-state index in [2.05, 4.69) is 4.99 Å². The van der Waals surface area contributed by atoms with E-state index in [0.717, 1.165) is 4.88 Å². The molecule has 0 fully saturated rings. The Morgan fingerprint density at radius 3 is 3.00 bits per heavy atom. The Morgan fingerprint density at radius 2 is 2.47 bits per heavy atom. The molecule has 0 aliphatic carbocycles. The van der Waals surface area contributed by atoms with E-state index >= 15 is 0 Å². The molecule has 15 heavy (non-hydrogen) atoms. The van der Waals surface area contributed by atoms with Crippen LogP contribution in [-0.4, -0.2) is 23.8 Å². The van der Waals surface area contributed by atoms with Gasteiger partial charge in [-0.2, -0.15) is 0 Å². The first kappa shape index (κ1) is 10.4. The van der Waals surface area contributed by atoms with Crippen molar-refractivity contribution >= 4 is 23.0 Å². The SMILES string of the molecule is CC1(C)COC(CC(=O)c2cccs2)=N1. The predicted octanol–water partition coefficient (Wildman–Crippen LogP) is 2.53. The van der Waals surface area contributed by atoms with Crippen LogP contribution in [0.3, 0.4) is 0 Å². The summed E-state index contributed by atoms with van der Waals surface area (Å²) in [5, 5.41) is 1.90. The zero-order chi connectivity index (χ0) is 10.9. The molecule has 2 rings (SSSR count). The van der Waals surface area contributed by atoms with Crippen LogP contribution in [0.2, 0.25) is 0 Å². The summed E-state index contributed by atoms with van der Waals surface area (Å²) < 4.78 is 5.37. The Kier molecular flexibility index (Phi) is 2.61. The number of aliphatic imine (C=N–C) groups is 1. The second-order valence-corrected chi connectivity index (χ2v) is 5.13. The fourth-order valence-electron chi connectivity index (χ4n) is 1.41. The van der Waals surface area contributed by atoms with E-state index in [4.69, 9.17) is 4.74 Å². The average molecular weight is 223 g/mol. The lowest BCUT2D eigenvalue weighted by atomic mass is 10.1. The number of Topliss-reactive ketones (excluding diaryl/α,β-unsaturated/α-hetero) is 1. The summed E-state index contributed by atoms with van der Waals surface area (Å²) in [4.78, 5) is 16.8. The number of hydrogen-bond donors (Lipinski definition) is 0. The third-order valence-corrected chi connectivity index (χ3v) is 3.04. The minimum atomic E-state index is -0.176. The molecule has 0 radical (unpaired) electrons. The Morgan fingerprint density at radius 1 is 1.67 bits per heavy atom. The maximum Gasteiger partial charge on any atom is 0.191 e. The number of ether oxygens (including phenoxy) is 1. The normalized spacial score (nSPS) is 18.4. The molecule has 0 aromatic carbocycles. The van der Waals surface area contributed by atoms with Gasteiger partial charge in [0.25, 0.3) is 0 Å². The lowest BCUT2D eigenvalue weighted by Crippen LogP contribution is -2.17. The van der Waals surface area contributed by atoms with Crippen molar-refractivity contribution in [3.63, 3.8) is 0 Å². The molecule has 3 nitrogen and oxygen atoms in total. The van der Waals surface area contributed by atoms with Crippen molar-refractivity contribution in [3.8, 4) is 0 Å². The van der Waals surface area contributed by atoms with Crippen molar-refractivity contribution in [2.24, 2.45) is 4.99 Å². The number of carbonyl (C=O) groups is 1. The first-order valence-electron chi connectivity index (χ1n) is 4.85. The van der Waals surface area contributed by atoms with Crippen molar-refractivity contribution < 1.29 is 9.53 Å². The van der Waals surface area contributed by atoms with Gasteiger partial charge < -0.3 is 4.74 Å². The summed E-state index contributed by atoms with van der Waals surface area (Å²) in [6.07, 6.45) is 0.282. The van der Waals surface area contributed by atoms with E-state index in [1.165, 1.54) is 11.3 Å². The molecular weight excluding hydrogens is 210 g/mol. The molecular formula is C11H13NO2S. The average Bonchev–Trinajstić information content (AvgIpc) is 2.74. The Hall–Kier alpha value is -1.16. The van der Waals surface area contributed by atoms with Gasteiger partial charge in [-0.3, -0.25) is 4.79 Å². The Balaban J connectivity index is 2.02. The van der Waals surface area contributed by atoms with Gasteiger partial charge in [0.1, 0.15) is 6.61 Å². The van der Waals surface area contributed by atoms with Crippen LogP contribution in [0, 0.1) is 0 Å². The summed E-state index contributed by atoms with van der Waals surface area (Å²) in [5.41, 5.74) is -0.176. The molecule has 0 saturated carbocycles. The smallest absolute Gasteiger partial charge is 0.191 e. The van der Waals surface area contributed by atoms with E-state index in [-0.39, 0.29) is 17.7 Å². The molecule has 0 N–H and O–H groups in total. The van der Waals surface area contributed by atoms with Crippen molar-refractivity contribution in [3.05, 3.63) is 22.4 Å². The maximum absolute atomic E-state index is 11.7. The van der Waals surface area contributed by atoms with Gasteiger partial charge in [0, 0.05) is 0 Å². The van der Waals surface area contributed by atoms with Gasteiger partial charge in [0.05, 0.1) is 16.8 Å². The van der Waals surface area contributed by atoms with Crippen LogP contribution in [0.4, 0.5) is 0 Å². The molecule has 0 atom stereocenters. The molecule has 1 aromatic rings. The first-order chi connectivity index (χ1) is 7.07. The Bertz CT molecular complexity index is 393. The highest BCUT2D eigenvalue weighted by molar-refractivity contribution is 7.12. The van der Waals surface area contributed by atoms with Crippen molar-refractivity contribution in [1.29, 1.82) is 0 Å². The third-order valence-electron chi connectivity index (χ3n) is 2.13. The number of carbonyl (C=O) groups excluding carboxylic acids is 1. The lowest BCUT2D eigenvalue weighted by Gasteiger charge is -2.07. The predicted molar refractivity (Wildman–Crippen MR) is 60.7 cm³/mol. The topological polar surface area (TPSA) is 38.7 Å². The highest BCUT2D eigenvalue weighted by Gasteiger charge is 2.27. The van der Waals surface area contributed by atoms with Gasteiger partial charge in [-0.15, -0.1) is 11.3 Å². The standard InChI is InChI=1S/C11H13NO2S/c1-11(2)7-14-10(12-11)6-8(13)9-4-3-5-15-9/h3-5H,6-7H2,1-2H3. The molecule has 80 valence electrons. The van der Waals surface area contributed by atoms with Gasteiger partial charge in [0.15, 0.2) is 11.7 Å². The van der Waals surface area contributed by atoms with E-state index < -0.39 is 0 Å². The van der Waals surface area contributed by atoms with E-state index in [1.807, 2.05) is 31.4 Å². The highest BCUT2D eigenvalue weighted by atomic mass is 32.1. The monoisotopic (exact) mass is 223 g/mol. The van der Waals surface area contributed by atoms with Crippen molar-refractivity contribution in [1.82, 2.24) is 0 Å². The van der Waals surface area contributed by atoms with Gasteiger partial charge in [-0.1, -0.05) is 6.07 Å².